The van der Waals surface area contributed by atoms with Gasteiger partial charge in [-0.1, -0.05) is 41.9 Å². The van der Waals surface area contributed by atoms with Gasteiger partial charge in [0.25, 0.3) is 0 Å². The molecule has 0 saturated heterocycles. The van der Waals surface area contributed by atoms with E-state index in [-0.39, 0.29) is 5.75 Å². The summed E-state index contributed by atoms with van der Waals surface area (Å²) in [6.07, 6.45) is 1.59. The van der Waals surface area contributed by atoms with Crippen LogP contribution >= 0.6 is 11.6 Å². The van der Waals surface area contributed by atoms with Crippen LogP contribution in [0.5, 0.6) is 5.75 Å². The van der Waals surface area contributed by atoms with Crippen molar-refractivity contribution in [2.24, 2.45) is 4.99 Å². The van der Waals surface area contributed by atoms with E-state index in [1.807, 2.05) is 48.5 Å². The fraction of sp³-hybridized carbons (Fsp3) is 0. The monoisotopic (exact) mass is 347 g/mol. The summed E-state index contributed by atoms with van der Waals surface area (Å²) in [6, 6.07) is 20.5. The fourth-order valence-corrected chi connectivity index (χ4v) is 2.76. The van der Waals surface area contributed by atoms with E-state index in [2.05, 4.69) is 15.0 Å². The molecule has 0 aliphatic rings. The van der Waals surface area contributed by atoms with Gasteiger partial charge in [0.2, 0.25) is 0 Å². The van der Waals surface area contributed by atoms with Crippen LogP contribution in [0, 0.1) is 0 Å². The van der Waals surface area contributed by atoms with Crippen LogP contribution in [-0.2, 0) is 0 Å². The van der Waals surface area contributed by atoms with Crippen molar-refractivity contribution in [1.82, 2.24) is 9.97 Å². The highest BCUT2D eigenvalue weighted by Gasteiger charge is 2.05. The number of benzene rings is 3. The molecule has 0 aliphatic carbocycles. The van der Waals surface area contributed by atoms with Crippen LogP contribution in [0.1, 0.15) is 5.56 Å². The Balaban J connectivity index is 1.67. The van der Waals surface area contributed by atoms with Gasteiger partial charge in [0.1, 0.15) is 11.6 Å². The van der Waals surface area contributed by atoms with Gasteiger partial charge in [0.15, 0.2) is 0 Å². The first-order chi connectivity index (χ1) is 12.2. The second-order valence-electron chi connectivity index (χ2n) is 5.61. The van der Waals surface area contributed by atoms with Gasteiger partial charge in [0, 0.05) is 22.4 Å². The van der Waals surface area contributed by atoms with Crippen LogP contribution in [0.25, 0.3) is 22.4 Å². The van der Waals surface area contributed by atoms with E-state index in [0.717, 1.165) is 28.1 Å². The smallest absolute Gasteiger partial charge is 0.138 e. The first-order valence-corrected chi connectivity index (χ1v) is 8.14. The number of fused-ring (bicyclic) bond motifs is 1. The number of phenolic OH excluding ortho intramolecular Hbond substituents is 1. The van der Waals surface area contributed by atoms with Gasteiger partial charge in [-0.05, 0) is 36.4 Å². The van der Waals surface area contributed by atoms with Crippen molar-refractivity contribution in [2.45, 2.75) is 0 Å². The lowest BCUT2D eigenvalue weighted by Gasteiger charge is -1.99. The molecule has 0 bridgehead atoms. The van der Waals surface area contributed by atoms with Crippen molar-refractivity contribution in [3.8, 4) is 17.1 Å². The van der Waals surface area contributed by atoms with Gasteiger partial charge >= 0.3 is 0 Å². The molecule has 0 aliphatic heterocycles. The number of hydrogen-bond acceptors (Lipinski definition) is 3. The van der Waals surface area contributed by atoms with Gasteiger partial charge in [-0.15, -0.1) is 0 Å². The molecule has 3 aromatic carbocycles. The quantitative estimate of drug-likeness (QED) is 0.491. The molecule has 0 fully saturated rings. The van der Waals surface area contributed by atoms with E-state index in [1.54, 1.807) is 24.4 Å². The zero-order chi connectivity index (χ0) is 17.2. The molecular formula is C20H14ClN3O. The highest BCUT2D eigenvalue weighted by molar-refractivity contribution is 6.30. The molecular weight excluding hydrogens is 334 g/mol. The lowest BCUT2D eigenvalue weighted by atomic mass is 10.2. The minimum absolute atomic E-state index is 0.141. The Hall–Kier alpha value is -3.11. The average molecular weight is 348 g/mol. The SMILES string of the molecule is Oc1ccc(Cl)cc1C=Nc1ccc2nc(-c3ccccc3)[nH]c2c1. The Kier molecular flexibility index (Phi) is 3.96. The molecule has 0 saturated carbocycles. The van der Waals surface area contributed by atoms with Crippen LogP contribution in [0.2, 0.25) is 5.02 Å². The second kappa shape index (κ2) is 6.42. The first-order valence-electron chi connectivity index (χ1n) is 7.77. The maximum Gasteiger partial charge on any atom is 0.138 e. The Labute approximate surface area is 149 Å². The highest BCUT2D eigenvalue weighted by atomic mass is 35.5. The molecule has 0 unspecified atom stereocenters. The molecule has 25 heavy (non-hydrogen) atoms. The minimum atomic E-state index is 0.141. The summed E-state index contributed by atoms with van der Waals surface area (Å²) >= 11 is 5.95. The zero-order valence-electron chi connectivity index (χ0n) is 13.1. The summed E-state index contributed by atoms with van der Waals surface area (Å²) in [5.41, 5.74) is 4.15. The van der Waals surface area contributed by atoms with Crippen molar-refractivity contribution in [3.63, 3.8) is 0 Å². The van der Waals surface area contributed by atoms with Crippen LogP contribution in [-0.4, -0.2) is 21.3 Å². The lowest BCUT2D eigenvalue weighted by Crippen LogP contribution is -1.82. The van der Waals surface area contributed by atoms with Crippen LogP contribution in [0.15, 0.2) is 71.7 Å². The van der Waals surface area contributed by atoms with E-state index in [0.29, 0.717) is 10.6 Å². The van der Waals surface area contributed by atoms with Crippen molar-refractivity contribution in [3.05, 3.63) is 77.3 Å². The summed E-state index contributed by atoms with van der Waals surface area (Å²) in [6.45, 7) is 0. The molecule has 0 radical (unpaired) electrons. The Morgan fingerprint density at radius 3 is 2.68 bits per heavy atom. The minimum Gasteiger partial charge on any atom is -0.507 e. The number of halogens is 1. The Morgan fingerprint density at radius 2 is 1.84 bits per heavy atom. The summed E-state index contributed by atoms with van der Waals surface area (Å²) in [5, 5.41) is 10.4. The van der Waals surface area contributed by atoms with Gasteiger partial charge in [0.05, 0.1) is 16.7 Å². The summed E-state index contributed by atoms with van der Waals surface area (Å²) in [7, 11) is 0. The molecule has 4 rings (SSSR count). The first kappa shape index (κ1) is 15.4. The van der Waals surface area contributed by atoms with Gasteiger partial charge in [-0.25, -0.2) is 4.98 Å². The van der Waals surface area contributed by atoms with Gasteiger partial charge in [-0.2, -0.15) is 0 Å². The number of hydrogen-bond donors (Lipinski definition) is 2. The Bertz CT molecular complexity index is 1070. The standard InChI is InChI=1S/C20H14ClN3O/c21-15-6-9-19(25)14(10-15)12-22-16-7-8-17-18(11-16)24-20(23-17)13-4-2-1-3-5-13/h1-12,25H,(H,23,24). The summed E-state index contributed by atoms with van der Waals surface area (Å²) in [5.74, 6) is 0.964. The van der Waals surface area contributed by atoms with E-state index < -0.39 is 0 Å². The molecule has 4 nitrogen and oxygen atoms in total. The number of rotatable bonds is 3. The summed E-state index contributed by atoms with van der Waals surface area (Å²) in [4.78, 5) is 12.3. The molecule has 5 heteroatoms. The number of aromatic nitrogens is 2. The topological polar surface area (TPSA) is 61.3 Å². The van der Waals surface area contributed by atoms with Crippen LogP contribution in [0.4, 0.5) is 5.69 Å². The fourth-order valence-electron chi connectivity index (χ4n) is 2.58. The van der Waals surface area contributed by atoms with Crippen molar-refractivity contribution >= 4 is 34.5 Å². The third kappa shape index (κ3) is 3.25. The maximum absolute atomic E-state index is 9.85. The number of phenols is 1. The predicted octanol–water partition coefficient (Wildman–Crippen LogP) is 5.34. The molecule has 0 spiro atoms. The molecule has 2 N–H and O–H groups in total. The maximum atomic E-state index is 9.85. The van der Waals surface area contributed by atoms with Crippen molar-refractivity contribution in [1.29, 1.82) is 0 Å². The molecule has 4 aromatic rings. The molecule has 0 amide bonds. The molecule has 1 aromatic heterocycles. The third-order valence-corrected chi connectivity index (χ3v) is 4.09. The Morgan fingerprint density at radius 1 is 1.00 bits per heavy atom. The number of imidazole rings is 1. The second-order valence-corrected chi connectivity index (χ2v) is 6.05. The number of H-pyrrole nitrogens is 1. The van der Waals surface area contributed by atoms with E-state index in [4.69, 9.17) is 11.6 Å². The van der Waals surface area contributed by atoms with Crippen molar-refractivity contribution in [2.75, 3.05) is 0 Å². The number of aromatic amines is 1. The normalized spacial score (nSPS) is 11.4. The lowest BCUT2D eigenvalue weighted by molar-refractivity contribution is 0.474. The van der Waals surface area contributed by atoms with E-state index in [9.17, 15) is 5.11 Å². The van der Waals surface area contributed by atoms with E-state index in [1.165, 1.54) is 0 Å². The third-order valence-electron chi connectivity index (χ3n) is 3.85. The van der Waals surface area contributed by atoms with Gasteiger partial charge in [-0.3, -0.25) is 4.99 Å². The van der Waals surface area contributed by atoms with Crippen LogP contribution < -0.4 is 0 Å². The summed E-state index contributed by atoms with van der Waals surface area (Å²) < 4.78 is 0. The molecule has 1 heterocycles. The van der Waals surface area contributed by atoms with Crippen molar-refractivity contribution < 1.29 is 5.11 Å². The zero-order valence-corrected chi connectivity index (χ0v) is 13.9. The van der Waals surface area contributed by atoms with E-state index >= 15 is 0 Å². The number of aliphatic imine (C=N–C) groups is 1. The molecule has 0 atom stereocenters. The van der Waals surface area contributed by atoms with Gasteiger partial charge < -0.3 is 10.1 Å². The largest absolute Gasteiger partial charge is 0.507 e. The number of nitrogens with zero attached hydrogens (tertiary/aromatic N) is 2. The average Bonchev–Trinajstić information content (AvgIpc) is 3.06. The number of nitrogens with one attached hydrogen (secondary N) is 1. The van der Waals surface area contributed by atoms with Crippen LogP contribution in [0.3, 0.4) is 0 Å². The molecule has 122 valence electrons. The number of aromatic hydroxyl groups is 1. The highest BCUT2D eigenvalue weighted by Crippen LogP contribution is 2.25. The predicted molar refractivity (Wildman–Crippen MR) is 102 cm³/mol.